The highest BCUT2D eigenvalue weighted by Crippen LogP contribution is 2.29. The average Bonchev–Trinajstić information content (AvgIpc) is 3.22. The number of aromatic nitrogens is 3. The van der Waals surface area contributed by atoms with Crippen molar-refractivity contribution in [1.29, 1.82) is 0 Å². The van der Waals surface area contributed by atoms with Gasteiger partial charge in [-0.1, -0.05) is 23.4 Å². The first-order valence-corrected chi connectivity index (χ1v) is 9.56. The molecule has 0 aliphatic heterocycles. The van der Waals surface area contributed by atoms with Crippen LogP contribution in [0.4, 0.5) is 10.1 Å². The molecule has 142 valence electrons. The van der Waals surface area contributed by atoms with Gasteiger partial charge in [0.2, 0.25) is 5.91 Å². The summed E-state index contributed by atoms with van der Waals surface area (Å²) in [5, 5.41) is 11.4. The molecule has 0 saturated carbocycles. The van der Waals surface area contributed by atoms with Gasteiger partial charge in [0.05, 0.1) is 22.8 Å². The summed E-state index contributed by atoms with van der Waals surface area (Å²) in [6, 6.07) is 5.94. The van der Waals surface area contributed by atoms with Crippen molar-refractivity contribution in [2.45, 2.75) is 37.7 Å². The fourth-order valence-corrected chi connectivity index (χ4v) is 3.59. The number of hydrogen-bond donors (Lipinski definition) is 1. The first kappa shape index (κ1) is 19.4. The van der Waals surface area contributed by atoms with Gasteiger partial charge in [0, 0.05) is 11.6 Å². The predicted molar refractivity (Wildman–Crippen MR) is 103 cm³/mol. The van der Waals surface area contributed by atoms with E-state index in [1.54, 1.807) is 13.2 Å². The summed E-state index contributed by atoms with van der Waals surface area (Å²) < 4.78 is 21.1. The average molecular weight is 409 g/mol. The summed E-state index contributed by atoms with van der Waals surface area (Å²) in [6.45, 7) is 6.19. The second-order valence-corrected chi connectivity index (χ2v) is 7.56. The van der Waals surface area contributed by atoms with E-state index in [2.05, 4.69) is 15.5 Å². The number of thioether (sulfide) groups is 1. The van der Waals surface area contributed by atoms with Crippen molar-refractivity contribution in [1.82, 2.24) is 14.8 Å². The van der Waals surface area contributed by atoms with Crippen LogP contribution in [-0.2, 0) is 11.3 Å². The molecule has 0 fully saturated rings. The fourth-order valence-electron chi connectivity index (χ4n) is 2.51. The molecule has 0 unspecified atom stereocenters. The van der Waals surface area contributed by atoms with Gasteiger partial charge in [-0.3, -0.25) is 4.79 Å². The standard InChI is InChI=1S/C18H18ClFN4O2S/c1-4-24-16(13-7-8-26-10(13)2)22-23-18(24)27-11(3)17(25)21-15-6-5-12(19)9-14(15)20/h5-9,11H,4H2,1-3H3,(H,21,25)/t11-/m1/s1. The smallest absolute Gasteiger partial charge is 0.237 e. The van der Waals surface area contributed by atoms with E-state index < -0.39 is 11.1 Å². The van der Waals surface area contributed by atoms with Gasteiger partial charge in [-0.05, 0) is 45.0 Å². The van der Waals surface area contributed by atoms with Crippen LogP contribution in [0, 0.1) is 12.7 Å². The molecule has 1 N–H and O–H groups in total. The molecule has 9 heteroatoms. The number of carbonyl (C=O) groups is 1. The van der Waals surface area contributed by atoms with Crippen molar-refractivity contribution in [3.63, 3.8) is 0 Å². The number of hydrogen-bond acceptors (Lipinski definition) is 5. The zero-order chi connectivity index (χ0) is 19.6. The topological polar surface area (TPSA) is 73.0 Å². The number of nitrogens with zero attached hydrogens (tertiary/aromatic N) is 3. The van der Waals surface area contributed by atoms with E-state index >= 15 is 0 Å². The highest BCUT2D eigenvalue weighted by Gasteiger charge is 2.22. The van der Waals surface area contributed by atoms with Crippen molar-refractivity contribution in [2.24, 2.45) is 0 Å². The molecule has 3 aromatic rings. The minimum Gasteiger partial charge on any atom is -0.469 e. The quantitative estimate of drug-likeness (QED) is 0.594. The molecule has 2 heterocycles. The lowest BCUT2D eigenvalue weighted by Gasteiger charge is -2.13. The first-order valence-electron chi connectivity index (χ1n) is 8.31. The summed E-state index contributed by atoms with van der Waals surface area (Å²) in [7, 11) is 0. The zero-order valence-electron chi connectivity index (χ0n) is 15.0. The van der Waals surface area contributed by atoms with Crippen molar-refractivity contribution >= 4 is 35.0 Å². The number of nitrogens with one attached hydrogen (secondary N) is 1. The molecule has 3 rings (SSSR count). The molecule has 6 nitrogen and oxygen atoms in total. The Balaban J connectivity index is 1.76. The Hall–Kier alpha value is -2.32. The Morgan fingerprint density at radius 2 is 2.19 bits per heavy atom. The number of anilines is 1. The monoisotopic (exact) mass is 408 g/mol. The Morgan fingerprint density at radius 3 is 2.81 bits per heavy atom. The van der Waals surface area contributed by atoms with Gasteiger partial charge < -0.3 is 14.3 Å². The van der Waals surface area contributed by atoms with Crippen molar-refractivity contribution < 1.29 is 13.6 Å². The van der Waals surface area contributed by atoms with Crippen LogP contribution in [0.15, 0.2) is 40.1 Å². The highest BCUT2D eigenvalue weighted by atomic mass is 35.5. The number of amides is 1. The van der Waals surface area contributed by atoms with E-state index in [1.165, 1.54) is 23.9 Å². The van der Waals surface area contributed by atoms with Gasteiger partial charge >= 0.3 is 0 Å². The van der Waals surface area contributed by atoms with Crippen LogP contribution in [0.25, 0.3) is 11.4 Å². The summed E-state index contributed by atoms with van der Waals surface area (Å²) >= 11 is 6.98. The SMILES string of the molecule is CCn1c(S[C@H](C)C(=O)Nc2ccc(Cl)cc2F)nnc1-c1ccoc1C. The Bertz CT molecular complexity index is 972. The summed E-state index contributed by atoms with van der Waals surface area (Å²) in [6.07, 6.45) is 1.60. The third-order valence-corrected chi connectivity index (χ3v) is 5.29. The second-order valence-electron chi connectivity index (χ2n) is 5.81. The van der Waals surface area contributed by atoms with E-state index in [0.717, 1.165) is 17.4 Å². The molecule has 1 aromatic carbocycles. The Morgan fingerprint density at radius 1 is 1.41 bits per heavy atom. The summed E-state index contributed by atoms with van der Waals surface area (Å²) in [5.41, 5.74) is 0.944. The molecule has 0 bridgehead atoms. The molecule has 0 saturated heterocycles. The van der Waals surface area contributed by atoms with Gasteiger partial charge in [0.15, 0.2) is 11.0 Å². The van der Waals surface area contributed by atoms with Crippen LogP contribution < -0.4 is 5.32 Å². The lowest BCUT2D eigenvalue weighted by Crippen LogP contribution is -2.23. The third-order valence-electron chi connectivity index (χ3n) is 3.97. The van der Waals surface area contributed by atoms with Crippen molar-refractivity contribution in [3.8, 4) is 11.4 Å². The summed E-state index contributed by atoms with van der Waals surface area (Å²) in [4.78, 5) is 12.4. The van der Waals surface area contributed by atoms with Crippen LogP contribution in [0.5, 0.6) is 0 Å². The molecule has 1 atom stereocenters. The molecule has 0 spiro atoms. The van der Waals surface area contributed by atoms with Crippen molar-refractivity contribution in [3.05, 3.63) is 47.1 Å². The molecule has 0 radical (unpaired) electrons. The Kier molecular flexibility index (Phi) is 5.86. The number of halogens is 2. The number of rotatable bonds is 6. The van der Waals surface area contributed by atoms with Crippen LogP contribution in [-0.4, -0.2) is 25.9 Å². The van der Waals surface area contributed by atoms with Crippen LogP contribution in [0.1, 0.15) is 19.6 Å². The molecule has 0 aliphatic carbocycles. The predicted octanol–water partition coefficient (Wildman–Crippen LogP) is 4.78. The maximum atomic E-state index is 13.9. The van der Waals surface area contributed by atoms with Gasteiger partial charge in [0.25, 0.3) is 0 Å². The Labute approximate surface area is 165 Å². The minimum absolute atomic E-state index is 0.0866. The first-order chi connectivity index (χ1) is 12.9. The lowest BCUT2D eigenvalue weighted by atomic mass is 10.2. The fraction of sp³-hybridized carbons (Fsp3) is 0.278. The normalized spacial score (nSPS) is 12.2. The van der Waals surface area contributed by atoms with Crippen LogP contribution in [0.3, 0.4) is 0 Å². The molecule has 0 aliphatic rings. The van der Waals surface area contributed by atoms with E-state index in [1.807, 2.05) is 24.5 Å². The number of furan rings is 1. The highest BCUT2D eigenvalue weighted by molar-refractivity contribution is 8.00. The van der Waals surface area contributed by atoms with Crippen LogP contribution >= 0.6 is 23.4 Å². The molecule has 2 aromatic heterocycles. The number of carbonyl (C=O) groups excluding carboxylic acids is 1. The number of aryl methyl sites for hydroxylation is 1. The van der Waals surface area contributed by atoms with Crippen molar-refractivity contribution in [2.75, 3.05) is 5.32 Å². The lowest BCUT2D eigenvalue weighted by molar-refractivity contribution is -0.115. The van der Waals surface area contributed by atoms with E-state index in [4.69, 9.17) is 16.0 Å². The van der Waals surface area contributed by atoms with Gasteiger partial charge in [-0.2, -0.15) is 0 Å². The van der Waals surface area contributed by atoms with E-state index in [9.17, 15) is 9.18 Å². The maximum absolute atomic E-state index is 13.9. The molecule has 1 amide bonds. The zero-order valence-corrected chi connectivity index (χ0v) is 16.6. The van der Waals surface area contributed by atoms with E-state index in [0.29, 0.717) is 17.5 Å². The third kappa shape index (κ3) is 4.17. The minimum atomic E-state index is -0.581. The summed E-state index contributed by atoms with van der Waals surface area (Å²) in [5.74, 6) is 0.510. The van der Waals surface area contributed by atoms with E-state index in [-0.39, 0.29) is 16.6 Å². The maximum Gasteiger partial charge on any atom is 0.237 e. The van der Waals surface area contributed by atoms with Crippen LogP contribution in [0.2, 0.25) is 5.02 Å². The molecular weight excluding hydrogens is 391 g/mol. The second kappa shape index (κ2) is 8.14. The van der Waals surface area contributed by atoms with Gasteiger partial charge in [-0.25, -0.2) is 4.39 Å². The number of benzene rings is 1. The van der Waals surface area contributed by atoms with Gasteiger partial charge in [0.1, 0.15) is 11.6 Å². The van der Waals surface area contributed by atoms with Gasteiger partial charge in [-0.15, -0.1) is 10.2 Å². The molecular formula is C18H18ClFN4O2S. The largest absolute Gasteiger partial charge is 0.469 e. The molecule has 27 heavy (non-hydrogen) atoms.